The molecule has 1 saturated heterocycles. The molecule has 17 heavy (non-hydrogen) atoms. The van der Waals surface area contributed by atoms with Crippen LogP contribution in [0.15, 0.2) is 0 Å². The quantitative estimate of drug-likeness (QED) is 0.741. The summed E-state index contributed by atoms with van der Waals surface area (Å²) in [4.78, 5) is 25.4. The fraction of sp³-hybridized carbons (Fsp3) is 0.833. The average molecular weight is 242 g/mol. The van der Waals surface area contributed by atoms with Gasteiger partial charge >= 0.3 is 6.09 Å². The minimum absolute atomic E-state index is 0.0602. The fourth-order valence-corrected chi connectivity index (χ4v) is 2.80. The number of aldehydes is 1. The Kier molecular flexibility index (Phi) is 4.14. The van der Waals surface area contributed by atoms with Crippen molar-refractivity contribution in [3.8, 4) is 0 Å². The van der Waals surface area contributed by atoms with E-state index in [1.807, 2.05) is 32.6 Å². The summed E-state index contributed by atoms with van der Waals surface area (Å²) < 4.78 is 0. The van der Waals surface area contributed by atoms with Crippen LogP contribution in [-0.2, 0) is 4.79 Å². The van der Waals surface area contributed by atoms with E-state index in [0.29, 0.717) is 19.6 Å². The number of rotatable bonds is 2. The van der Waals surface area contributed by atoms with Crippen LogP contribution in [0.5, 0.6) is 0 Å². The molecule has 0 saturated carbocycles. The van der Waals surface area contributed by atoms with Gasteiger partial charge in [0.05, 0.1) is 12.6 Å². The molecular formula is C12H22N2O3. The van der Waals surface area contributed by atoms with E-state index in [9.17, 15) is 14.7 Å². The molecule has 0 spiro atoms. The number of carboxylic acid groups (broad SMARTS) is 1. The van der Waals surface area contributed by atoms with Gasteiger partial charge in [0.25, 0.3) is 0 Å². The summed E-state index contributed by atoms with van der Waals surface area (Å²) in [6.07, 6.45) is 0.00894. The molecule has 1 rings (SSSR count). The summed E-state index contributed by atoms with van der Waals surface area (Å²) in [5.74, 6) is 0. The molecule has 0 bridgehead atoms. The SMILES string of the molecule is C[C@@H]1C(C(C)(C)C)N(C(=O)O)CCN1CC=O. The second-order valence-corrected chi connectivity index (χ2v) is 5.69. The molecule has 1 aliphatic heterocycles. The summed E-state index contributed by atoms with van der Waals surface area (Å²) in [6.45, 7) is 9.57. The van der Waals surface area contributed by atoms with Crippen molar-refractivity contribution >= 4 is 12.4 Å². The third-order valence-corrected chi connectivity index (χ3v) is 3.44. The standard InChI is InChI=1S/C12H22N2O3/c1-9-10(12(2,3)4)14(11(16)17)6-5-13(9)7-8-15/h8-10H,5-7H2,1-4H3,(H,16,17)/t9-,10?/m1/s1. The Bertz CT molecular complexity index is 299. The summed E-state index contributed by atoms with van der Waals surface area (Å²) in [6, 6.07) is -0.0289. The zero-order valence-electron chi connectivity index (χ0n) is 11.0. The monoisotopic (exact) mass is 242 g/mol. The average Bonchev–Trinajstić information content (AvgIpc) is 2.18. The van der Waals surface area contributed by atoms with Crippen molar-refractivity contribution in [2.45, 2.75) is 39.8 Å². The third-order valence-electron chi connectivity index (χ3n) is 3.44. The van der Waals surface area contributed by atoms with E-state index >= 15 is 0 Å². The summed E-state index contributed by atoms with van der Waals surface area (Å²) in [5, 5.41) is 9.24. The summed E-state index contributed by atoms with van der Waals surface area (Å²) in [7, 11) is 0. The second-order valence-electron chi connectivity index (χ2n) is 5.69. The molecule has 1 heterocycles. The maximum Gasteiger partial charge on any atom is 0.407 e. The molecular weight excluding hydrogens is 220 g/mol. The van der Waals surface area contributed by atoms with E-state index in [0.717, 1.165) is 6.29 Å². The first-order chi connectivity index (χ1) is 7.79. The lowest BCUT2D eigenvalue weighted by Crippen LogP contribution is -2.64. The summed E-state index contributed by atoms with van der Waals surface area (Å²) >= 11 is 0. The molecule has 1 aliphatic rings. The number of hydrogen-bond donors (Lipinski definition) is 1. The third kappa shape index (κ3) is 2.97. The molecule has 0 aromatic heterocycles. The molecule has 2 atom stereocenters. The predicted octanol–water partition coefficient (Wildman–Crippen LogP) is 1.28. The van der Waals surface area contributed by atoms with Gasteiger partial charge in [-0.15, -0.1) is 0 Å². The van der Waals surface area contributed by atoms with Crippen LogP contribution in [0.1, 0.15) is 27.7 Å². The predicted molar refractivity (Wildman–Crippen MR) is 65.1 cm³/mol. The molecule has 1 N–H and O–H groups in total. The van der Waals surface area contributed by atoms with Gasteiger partial charge in [0.2, 0.25) is 0 Å². The molecule has 1 unspecified atom stereocenters. The van der Waals surface area contributed by atoms with Gasteiger partial charge in [-0.2, -0.15) is 0 Å². The molecule has 1 amide bonds. The zero-order chi connectivity index (χ0) is 13.2. The van der Waals surface area contributed by atoms with Gasteiger partial charge in [0.1, 0.15) is 6.29 Å². The lowest BCUT2D eigenvalue weighted by Gasteiger charge is -2.50. The Hall–Kier alpha value is -1.10. The maximum absolute atomic E-state index is 11.3. The van der Waals surface area contributed by atoms with E-state index in [-0.39, 0.29) is 17.5 Å². The second kappa shape index (κ2) is 5.04. The fourth-order valence-electron chi connectivity index (χ4n) is 2.80. The minimum atomic E-state index is -0.873. The number of piperazine rings is 1. The van der Waals surface area contributed by atoms with Crippen LogP contribution in [-0.4, -0.2) is 59.0 Å². The van der Waals surface area contributed by atoms with Crippen molar-refractivity contribution < 1.29 is 14.7 Å². The van der Waals surface area contributed by atoms with Crippen LogP contribution >= 0.6 is 0 Å². The van der Waals surface area contributed by atoms with E-state index in [4.69, 9.17) is 0 Å². The highest BCUT2D eigenvalue weighted by Crippen LogP contribution is 2.31. The molecule has 5 nitrogen and oxygen atoms in total. The van der Waals surface area contributed by atoms with Gasteiger partial charge < -0.3 is 14.8 Å². The molecule has 0 aliphatic carbocycles. The highest BCUT2D eigenvalue weighted by atomic mass is 16.4. The lowest BCUT2D eigenvalue weighted by molar-refractivity contribution is -0.111. The molecule has 98 valence electrons. The Balaban J connectivity index is 2.95. The molecule has 0 radical (unpaired) electrons. The highest BCUT2D eigenvalue weighted by Gasteiger charge is 2.42. The minimum Gasteiger partial charge on any atom is -0.465 e. The van der Waals surface area contributed by atoms with Gasteiger partial charge in [-0.25, -0.2) is 4.79 Å². The molecule has 0 aromatic rings. The van der Waals surface area contributed by atoms with Crippen LogP contribution in [0.25, 0.3) is 0 Å². The van der Waals surface area contributed by atoms with Gasteiger partial charge in [-0.1, -0.05) is 20.8 Å². The van der Waals surface area contributed by atoms with Crippen molar-refractivity contribution in [2.24, 2.45) is 5.41 Å². The number of nitrogens with zero attached hydrogens (tertiary/aromatic N) is 2. The highest BCUT2D eigenvalue weighted by molar-refractivity contribution is 5.66. The maximum atomic E-state index is 11.3. The Morgan fingerprint density at radius 1 is 1.41 bits per heavy atom. The molecule has 5 heteroatoms. The van der Waals surface area contributed by atoms with Crippen LogP contribution in [0.3, 0.4) is 0 Å². The van der Waals surface area contributed by atoms with Crippen molar-refractivity contribution in [2.75, 3.05) is 19.6 Å². The number of amides is 1. The number of carbonyl (C=O) groups is 2. The van der Waals surface area contributed by atoms with Gasteiger partial charge in [-0.05, 0) is 12.3 Å². The van der Waals surface area contributed by atoms with Crippen molar-refractivity contribution in [3.63, 3.8) is 0 Å². The van der Waals surface area contributed by atoms with E-state index in [1.54, 1.807) is 0 Å². The van der Waals surface area contributed by atoms with Crippen LogP contribution in [0, 0.1) is 5.41 Å². The first kappa shape index (κ1) is 14.0. The molecule has 0 aromatic carbocycles. The van der Waals surface area contributed by atoms with Crippen LogP contribution < -0.4 is 0 Å². The largest absolute Gasteiger partial charge is 0.465 e. The van der Waals surface area contributed by atoms with E-state index in [1.165, 1.54) is 4.90 Å². The lowest BCUT2D eigenvalue weighted by atomic mass is 9.80. The smallest absolute Gasteiger partial charge is 0.407 e. The van der Waals surface area contributed by atoms with E-state index < -0.39 is 6.09 Å². The zero-order valence-corrected chi connectivity index (χ0v) is 11.0. The van der Waals surface area contributed by atoms with E-state index in [2.05, 4.69) is 0 Å². The molecule has 1 fully saturated rings. The topological polar surface area (TPSA) is 60.9 Å². The van der Waals surface area contributed by atoms with Crippen LogP contribution in [0.4, 0.5) is 4.79 Å². The van der Waals surface area contributed by atoms with Gasteiger partial charge in [0, 0.05) is 19.1 Å². The van der Waals surface area contributed by atoms with Crippen molar-refractivity contribution in [1.29, 1.82) is 0 Å². The normalized spacial score (nSPS) is 26.9. The number of carbonyl (C=O) groups excluding carboxylic acids is 1. The van der Waals surface area contributed by atoms with Crippen molar-refractivity contribution in [1.82, 2.24) is 9.80 Å². The number of hydrogen-bond acceptors (Lipinski definition) is 3. The summed E-state index contributed by atoms with van der Waals surface area (Å²) in [5.41, 5.74) is -0.140. The Morgan fingerprint density at radius 2 is 2.00 bits per heavy atom. The van der Waals surface area contributed by atoms with Gasteiger partial charge in [0.15, 0.2) is 0 Å². The Morgan fingerprint density at radius 3 is 2.41 bits per heavy atom. The van der Waals surface area contributed by atoms with Crippen LogP contribution in [0.2, 0.25) is 0 Å². The first-order valence-corrected chi connectivity index (χ1v) is 5.96. The Labute approximate surface area is 102 Å². The van der Waals surface area contributed by atoms with Crippen molar-refractivity contribution in [3.05, 3.63) is 0 Å². The van der Waals surface area contributed by atoms with Gasteiger partial charge in [-0.3, -0.25) is 4.90 Å². The first-order valence-electron chi connectivity index (χ1n) is 5.96.